The molecule has 0 saturated carbocycles. The molecule has 0 fully saturated rings. The highest BCUT2D eigenvalue weighted by atomic mass is 15.2. The molecular formula is C49H88N6. The van der Waals surface area contributed by atoms with Gasteiger partial charge in [0, 0.05) is 57.8 Å². The van der Waals surface area contributed by atoms with Crippen LogP contribution in [0.4, 0.5) is 0 Å². The first-order chi connectivity index (χ1) is 25.8. The van der Waals surface area contributed by atoms with Crippen LogP contribution < -0.4 is 0 Å². The fourth-order valence-corrected chi connectivity index (χ4v) is 8.29. The van der Waals surface area contributed by atoms with Gasteiger partial charge in [-0.15, -0.1) is 0 Å². The SMILES string of the molecule is CN(C)CCN(C)CCN(C)CCCCCCC1(CCCCCCN(C)CCN(C)CCN(C)C)c2cc(C(C)(C)C)ccc2-c2ccc(C(C)(C)C)cc21. The molecule has 2 aromatic carbocycles. The van der Waals surface area contributed by atoms with Gasteiger partial charge in [0.1, 0.15) is 0 Å². The van der Waals surface area contributed by atoms with Crippen LogP contribution in [0.25, 0.3) is 11.1 Å². The lowest BCUT2D eigenvalue weighted by Gasteiger charge is -2.35. The Morgan fingerprint density at radius 2 is 0.691 bits per heavy atom. The molecule has 0 aliphatic heterocycles. The lowest BCUT2D eigenvalue weighted by Crippen LogP contribution is -2.35. The maximum absolute atomic E-state index is 2.64. The van der Waals surface area contributed by atoms with Crippen molar-refractivity contribution in [3.8, 4) is 11.1 Å². The summed E-state index contributed by atoms with van der Waals surface area (Å²) in [5.41, 5.74) is 9.55. The van der Waals surface area contributed by atoms with Gasteiger partial charge in [0.25, 0.3) is 0 Å². The van der Waals surface area contributed by atoms with E-state index in [1.807, 2.05) is 0 Å². The molecule has 0 spiro atoms. The van der Waals surface area contributed by atoms with E-state index in [1.165, 1.54) is 99.6 Å². The highest BCUT2D eigenvalue weighted by molar-refractivity contribution is 5.82. The average Bonchev–Trinajstić information content (AvgIpc) is 3.38. The zero-order chi connectivity index (χ0) is 40.8. The summed E-state index contributed by atoms with van der Waals surface area (Å²) in [7, 11) is 17.8. The normalized spacial score (nSPS) is 14.4. The van der Waals surface area contributed by atoms with Gasteiger partial charge in [-0.05, 0) is 139 Å². The van der Waals surface area contributed by atoms with E-state index in [4.69, 9.17) is 0 Å². The van der Waals surface area contributed by atoms with Crippen LogP contribution in [0.1, 0.15) is 128 Å². The van der Waals surface area contributed by atoms with Crippen molar-refractivity contribution >= 4 is 0 Å². The topological polar surface area (TPSA) is 19.4 Å². The van der Waals surface area contributed by atoms with Crippen molar-refractivity contribution in [1.82, 2.24) is 29.4 Å². The van der Waals surface area contributed by atoms with Crippen molar-refractivity contribution in [1.29, 1.82) is 0 Å². The Kier molecular flexibility index (Phi) is 19.4. The second-order valence-corrected chi connectivity index (χ2v) is 20.3. The van der Waals surface area contributed by atoms with E-state index < -0.39 is 0 Å². The van der Waals surface area contributed by atoms with E-state index in [2.05, 4.69) is 164 Å². The number of nitrogens with zero attached hydrogens (tertiary/aromatic N) is 6. The molecule has 0 N–H and O–H groups in total. The standard InChI is InChI=1S/C49H88N6/c1-47(2,3)41-23-25-43-44-26-24-42(48(4,5)6)40-46(44)49(45(43)39-41,27-19-15-17-21-29-52(11)35-37-54(13)33-31-50(7)8)28-20-16-18-22-30-53(12)36-38-55(14)34-32-51(9)10/h23-26,39-40H,15-22,27-38H2,1-14H3. The first-order valence-corrected chi connectivity index (χ1v) is 22.2. The molecule has 6 heteroatoms. The van der Waals surface area contributed by atoms with Crippen molar-refractivity contribution in [2.45, 2.75) is 122 Å². The Morgan fingerprint density at radius 3 is 1.02 bits per heavy atom. The van der Waals surface area contributed by atoms with Gasteiger partial charge in [-0.3, -0.25) is 0 Å². The van der Waals surface area contributed by atoms with Gasteiger partial charge in [0.2, 0.25) is 0 Å². The Labute approximate surface area is 342 Å². The fraction of sp³-hybridized carbons (Fsp3) is 0.755. The van der Waals surface area contributed by atoms with Gasteiger partial charge >= 0.3 is 0 Å². The molecule has 0 heterocycles. The number of fused-ring (bicyclic) bond motifs is 3. The Bertz CT molecular complexity index is 1280. The number of hydrogen-bond acceptors (Lipinski definition) is 6. The van der Waals surface area contributed by atoms with Crippen LogP contribution in [0.3, 0.4) is 0 Å². The van der Waals surface area contributed by atoms with E-state index in [0.717, 1.165) is 52.4 Å². The van der Waals surface area contributed by atoms with Crippen molar-refractivity contribution < 1.29 is 0 Å². The minimum atomic E-state index is 0.0923. The van der Waals surface area contributed by atoms with Gasteiger partial charge < -0.3 is 29.4 Å². The lowest BCUT2D eigenvalue weighted by molar-refractivity contribution is 0.235. The number of unbranched alkanes of at least 4 members (excludes halogenated alkanes) is 6. The Hall–Kier alpha value is -1.80. The van der Waals surface area contributed by atoms with Gasteiger partial charge in [-0.1, -0.05) is 116 Å². The van der Waals surface area contributed by atoms with Crippen molar-refractivity contribution in [2.24, 2.45) is 0 Å². The molecule has 1 aliphatic carbocycles. The van der Waals surface area contributed by atoms with Gasteiger partial charge in [0.15, 0.2) is 0 Å². The summed E-state index contributed by atoms with van der Waals surface area (Å²) < 4.78 is 0. The largest absolute Gasteiger partial charge is 0.308 e. The molecule has 55 heavy (non-hydrogen) atoms. The van der Waals surface area contributed by atoms with Crippen molar-refractivity contribution in [2.75, 3.05) is 122 Å². The maximum atomic E-state index is 2.64. The van der Waals surface area contributed by atoms with Crippen LogP contribution >= 0.6 is 0 Å². The number of likely N-dealkylation sites (N-methyl/N-ethyl adjacent to an activating group) is 6. The highest BCUT2D eigenvalue weighted by Gasteiger charge is 2.43. The van der Waals surface area contributed by atoms with E-state index >= 15 is 0 Å². The van der Waals surface area contributed by atoms with Crippen LogP contribution in [-0.2, 0) is 16.2 Å². The summed E-state index contributed by atoms with van der Waals surface area (Å²) >= 11 is 0. The minimum absolute atomic E-state index is 0.0923. The summed E-state index contributed by atoms with van der Waals surface area (Å²) in [6.45, 7) is 25.8. The maximum Gasteiger partial charge on any atom is 0.0215 e. The molecular weight excluding hydrogens is 673 g/mol. The predicted molar refractivity (Wildman–Crippen MR) is 243 cm³/mol. The van der Waals surface area contributed by atoms with E-state index in [-0.39, 0.29) is 16.2 Å². The van der Waals surface area contributed by atoms with Crippen LogP contribution in [0.5, 0.6) is 0 Å². The molecule has 3 rings (SSSR count). The smallest absolute Gasteiger partial charge is 0.0215 e. The molecule has 0 atom stereocenters. The third kappa shape index (κ3) is 15.5. The van der Waals surface area contributed by atoms with Gasteiger partial charge in [-0.25, -0.2) is 0 Å². The zero-order valence-corrected chi connectivity index (χ0v) is 38.8. The quantitative estimate of drug-likeness (QED) is 0.0885. The first kappa shape index (κ1) is 47.6. The van der Waals surface area contributed by atoms with Crippen LogP contribution in [-0.4, -0.2) is 151 Å². The zero-order valence-electron chi connectivity index (χ0n) is 38.8. The molecule has 0 saturated heterocycles. The Morgan fingerprint density at radius 1 is 0.382 bits per heavy atom. The predicted octanol–water partition coefficient (Wildman–Crippen LogP) is 9.30. The average molecular weight is 761 g/mol. The Balaban J connectivity index is 1.70. The number of rotatable bonds is 26. The lowest BCUT2D eigenvalue weighted by atomic mass is 9.69. The van der Waals surface area contributed by atoms with Gasteiger partial charge in [0.05, 0.1) is 0 Å². The van der Waals surface area contributed by atoms with Crippen LogP contribution in [0, 0.1) is 0 Å². The number of benzene rings is 2. The van der Waals surface area contributed by atoms with E-state index in [9.17, 15) is 0 Å². The summed E-state index contributed by atoms with van der Waals surface area (Å²) in [6, 6.07) is 15.1. The molecule has 1 aliphatic rings. The molecule has 2 aromatic rings. The second-order valence-electron chi connectivity index (χ2n) is 20.3. The monoisotopic (exact) mass is 761 g/mol. The molecule has 0 bridgehead atoms. The molecule has 0 aromatic heterocycles. The van der Waals surface area contributed by atoms with Crippen LogP contribution in [0.2, 0.25) is 0 Å². The highest BCUT2D eigenvalue weighted by Crippen LogP contribution is 2.55. The summed E-state index contributed by atoms with van der Waals surface area (Å²) in [6.07, 6.45) is 13.0. The van der Waals surface area contributed by atoms with Gasteiger partial charge in [-0.2, -0.15) is 0 Å². The van der Waals surface area contributed by atoms with Crippen molar-refractivity contribution in [3.63, 3.8) is 0 Å². The first-order valence-electron chi connectivity index (χ1n) is 22.2. The molecule has 0 radical (unpaired) electrons. The minimum Gasteiger partial charge on any atom is -0.308 e. The third-order valence-corrected chi connectivity index (χ3v) is 12.5. The number of hydrogen-bond donors (Lipinski definition) is 0. The third-order valence-electron chi connectivity index (χ3n) is 12.5. The van der Waals surface area contributed by atoms with Crippen LogP contribution in [0.15, 0.2) is 36.4 Å². The summed E-state index contributed by atoms with van der Waals surface area (Å²) in [5, 5.41) is 0. The van der Waals surface area contributed by atoms with Crippen molar-refractivity contribution in [3.05, 3.63) is 58.7 Å². The molecule has 6 nitrogen and oxygen atoms in total. The second kappa shape index (κ2) is 22.4. The van der Waals surface area contributed by atoms with E-state index in [0.29, 0.717) is 0 Å². The molecule has 314 valence electrons. The molecule has 0 amide bonds. The summed E-state index contributed by atoms with van der Waals surface area (Å²) in [5.74, 6) is 0. The summed E-state index contributed by atoms with van der Waals surface area (Å²) in [4.78, 5) is 14.6. The molecule has 0 unspecified atom stereocenters. The van der Waals surface area contributed by atoms with E-state index in [1.54, 1.807) is 11.1 Å². The fourth-order valence-electron chi connectivity index (χ4n) is 8.29.